The molecule has 0 unspecified atom stereocenters. The van der Waals surface area contributed by atoms with E-state index in [-0.39, 0.29) is 24.0 Å². The van der Waals surface area contributed by atoms with Crippen LogP contribution in [0.2, 0.25) is 0 Å². The van der Waals surface area contributed by atoms with Crippen LogP contribution >= 0.6 is 24.0 Å². The summed E-state index contributed by atoms with van der Waals surface area (Å²) in [6.45, 7) is 0.433. The molecule has 0 bridgehead atoms. The van der Waals surface area contributed by atoms with Crippen molar-refractivity contribution in [1.29, 1.82) is 0 Å². The van der Waals surface area contributed by atoms with Crippen LogP contribution in [0.5, 0.6) is 11.5 Å². The molecule has 142 valence electrons. The van der Waals surface area contributed by atoms with E-state index in [0.717, 1.165) is 16.9 Å². The lowest BCUT2D eigenvalue weighted by Gasteiger charge is -2.11. The molecule has 0 spiro atoms. The predicted molar refractivity (Wildman–Crippen MR) is 117 cm³/mol. The number of aliphatic imine (C=N–C) groups is 1. The van der Waals surface area contributed by atoms with Gasteiger partial charge in [-0.25, -0.2) is 9.67 Å². The lowest BCUT2D eigenvalue weighted by molar-refractivity contribution is 0.355. The molecule has 0 atom stereocenters. The minimum atomic E-state index is 0. The van der Waals surface area contributed by atoms with E-state index in [1.165, 1.54) is 0 Å². The zero-order valence-electron chi connectivity index (χ0n) is 15.1. The molecule has 3 N–H and O–H groups in total. The molecule has 27 heavy (non-hydrogen) atoms. The Morgan fingerprint density at radius 1 is 1.11 bits per heavy atom. The van der Waals surface area contributed by atoms with Crippen LogP contribution in [0.25, 0.3) is 5.69 Å². The van der Waals surface area contributed by atoms with Crippen molar-refractivity contribution in [1.82, 2.24) is 9.78 Å². The number of aromatic nitrogens is 2. The summed E-state index contributed by atoms with van der Waals surface area (Å²) in [5.74, 6) is 1.59. The molecule has 3 aromatic rings. The van der Waals surface area contributed by atoms with Gasteiger partial charge in [-0.1, -0.05) is 18.2 Å². The number of halogens is 1. The molecule has 1 aromatic heterocycles. The minimum Gasteiger partial charge on any atom is -0.493 e. The fourth-order valence-electron chi connectivity index (χ4n) is 2.55. The number of guanidine groups is 1. The topological polar surface area (TPSA) is 86.7 Å². The number of nitrogens with two attached hydrogens (primary N) is 1. The van der Waals surface area contributed by atoms with Crippen molar-refractivity contribution in [2.45, 2.75) is 6.54 Å². The van der Waals surface area contributed by atoms with E-state index < -0.39 is 0 Å². The third-order valence-electron chi connectivity index (χ3n) is 3.82. The summed E-state index contributed by atoms with van der Waals surface area (Å²) >= 11 is 0. The van der Waals surface area contributed by atoms with Crippen LogP contribution in [0, 0.1) is 0 Å². The van der Waals surface area contributed by atoms with Gasteiger partial charge in [0, 0.05) is 24.1 Å². The van der Waals surface area contributed by atoms with Crippen LogP contribution in [0.1, 0.15) is 5.56 Å². The lowest BCUT2D eigenvalue weighted by Crippen LogP contribution is -2.22. The molecule has 0 saturated heterocycles. The average Bonchev–Trinajstić information content (AvgIpc) is 3.21. The summed E-state index contributed by atoms with van der Waals surface area (Å²) in [6.07, 6.45) is 3.64. The van der Waals surface area contributed by atoms with Gasteiger partial charge in [-0.3, -0.25) is 0 Å². The van der Waals surface area contributed by atoms with E-state index in [4.69, 9.17) is 15.2 Å². The number of hydrogen-bond acceptors (Lipinski definition) is 4. The third-order valence-corrected chi connectivity index (χ3v) is 3.82. The molecule has 1 heterocycles. The molecule has 3 rings (SSSR count). The molecule has 0 aliphatic carbocycles. The number of para-hydroxylation sites is 1. The van der Waals surface area contributed by atoms with Gasteiger partial charge < -0.3 is 20.5 Å². The molecular formula is C19H22IN5O2. The fraction of sp³-hybridized carbons (Fsp3) is 0.158. The molecule has 0 saturated carbocycles. The molecular weight excluding hydrogens is 457 g/mol. The number of ether oxygens (including phenoxy) is 2. The quantitative estimate of drug-likeness (QED) is 0.322. The summed E-state index contributed by atoms with van der Waals surface area (Å²) in [6, 6.07) is 15.3. The molecule has 0 aliphatic rings. The molecule has 0 radical (unpaired) electrons. The van der Waals surface area contributed by atoms with Crippen molar-refractivity contribution in [2.24, 2.45) is 10.7 Å². The Bertz CT molecular complexity index is 897. The summed E-state index contributed by atoms with van der Waals surface area (Å²) in [5, 5.41) is 7.34. The van der Waals surface area contributed by atoms with Crippen LogP contribution < -0.4 is 20.5 Å². The summed E-state index contributed by atoms with van der Waals surface area (Å²) in [4.78, 5) is 4.43. The second kappa shape index (κ2) is 9.81. The van der Waals surface area contributed by atoms with Crippen molar-refractivity contribution >= 4 is 35.6 Å². The first-order valence-electron chi connectivity index (χ1n) is 8.08. The Hall–Kier alpha value is -2.75. The lowest BCUT2D eigenvalue weighted by atomic mass is 10.2. The highest BCUT2D eigenvalue weighted by Gasteiger charge is 2.06. The first-order chi connectivity index (χ1) is 12.7. The van der Waals surface area contributed by atoms with Crippen LogP contribution in [0.15, 0.2) is 65.9 Å². The number of anilines is 1. The van der Waals surface area contributed by atoms with Gasteiger partial charge in [0.15, 0.2) is 17.5 Å². The van der Waals surface area contributed by atoms with Crippen LogP contribution in [0.3, 0.4) is 0 Å². The molecule has 2 aromatic carbocycles. The highest BCUT2D eigenvalue weighted by molar-refractivity contribution is 14.0. The van der Waals surface area contributed by atoms with Gasteiger partial charge in [-0.05, 0) is 29.8 Å². The van der Waals surface area contributed by atoms with E-state index in [1.54, 1.807) is 26.5 Å². The third kappa shape index (κ3) is 5.13. The predicted octanol–water partition coefficient (Wildman–Crippen LogP) is 3.43. The first kappa shape index (κ1) is 20.6. The van der Waals surface area contributed by atoms with Crippen LogP contribution in [0.4, 0.5) is 5.69 Å². The number of benzene rings is 2. The first-order valence-corrected chi connectivity index (χ1v) is 8.08. The minimum absolute atomic E-state index is 0. The number of nitrogens with one attached hydrogen (secondary N) is 1. The molecule has 8 heteroatoms. The fourth-order valence-corrected chi connectivity index (χ4v) is 2.55. The van der Waals surface area contributed by atoms with Crippen LogP contribution in [-0.4, -0.2) is 30.0 Å². The van der Waals surface area contributed by atoms with Gasteiger partial charge >= 0.3 is 0 Å². The normalized spacial score (nSPS) is 10.8. The van der Waals surface area contributed by atoms with Crippen molar-refractivity contribution in [3.63, 3.8) is 0 Å². The maximum Gasteiger partial charge on any atom is 0.193 e. The second-order valence-corrected chi connectivity index (χ2v) is 5.48. The van der Waals surface area contributed by atoms with E-state index in [9.17, 15) is 0 Å². The van der Waals surface area contributed by atoms with Gasteiger partial charge in [-0.2, -0.15) is 5.10 Å². The maximum atomic E-state index is 6.03. The highest BCUT2D eigenvalue weighted by Crippen LogP contribution is 2.29. The number of rotatable bonds is 6. The Kier molecular flexibility index (Phi) is 7.47. The number of methoxy groups -OCH3 is 2. The summed E-state index contributed by atoms with van der Waals surface area (Å²) < 4.78 is 12.3. The zero-order valence-corrected chi connectivity index (χ0v) is 17.5. The van der Waals surface area contributed by atoms with Crippen LogP contribution in [-0.2, 0) is 6.54 Å². The molecule has 7 nitrogen and oxygen atoms in total. The molecule has 0 aliphatic heterocycles. The highest BCUT2D eigenvalue weighted by atomic mass is 127. The Morgan fingerprint density at radius 3 is 2.59 bits per heavy atom. The van der Waals surface area contributed by atoms with Gasteiger partial charge in [0.2, 0.25) is 0 Å². The zero-order chi connectivity index (χ0) is 18.4. The Morgan fingerprint density at radius 2 is 1.89 bits per heavy atom. The summed E-state index contributed by atoms with van der Waals surface area (Å²) in [5.41, 5.74) is 8.79. The van der Waals surface area contributed by atoms with E-state index in [2.05, 4.69) is 15.4 Å². The van der Waals surface area contributed by atoms with Gasteiger partial charge in [-0.15, -0.1) is 24.0 Å². The second-order valence-electron chi connectivity index (χ2n) is 5.48. The maximum absolute atomic E-state index is 6.03. The standard InChI is InChI=1S/C19H21N5O2.HI/c1-25-17-9-8-15(12-18(17)26-2)23-19(20)21-13-14-6-3-4-7-16(14)24-11-5-10-22-24;/h3-12H,13H2,1-2H3,(H3,20,21,23);1H. The van der Waals surface area contributed by atoms with E-state index in [1.807, 2.05) is 53.3 Å². The Labute approximate surface area is 175 Å². The van der Waals surface area contributed by atoms with Gasteiger partial charge in [0.05, 0.1) is 26.5 Å². The van der Waals surface area contributed by atoms with Crippen molar-refractivity contribution in [2.75, 3.05) is 19.5 Å². The number of hydrogen-bond donors (Lipinski definition) is 2. The van der Waals surface area contributed by atoms with Gasteiger partial charge in [0.25, 0.3) is 0 Å². The smallest absolute Gasteiger partial charge is 0.193 e. The molecule has 0 amide bonds. The van der Waals surface area contributed by atoms with E-state index >= 15 is 0 Å². The monoisotopic (exact) mass is 479 g/mol. The van der Waals surface area contributed by atoms with Crippen molar-refractivity contribution in [3.05, 3.63) is 66.5 Å². The van der Waals surface area contributed by atoms with Crippen molar-refractivity contribution < 1.29 is 9.47 Å². The Balaban J connectivity index is 0.00000261. The average molecular weight is 479 g/mol. The molecule has 0 fully saturated rings. The van der Waals surface area contributed by atoms with Gasteiger partial charge in [0.1, 0.15) is 0 Å². The number of nitrogens with zero attached hydrogens (tertiary/aromatic N) is 3. The van der Waals surface area contributed by atoms with Crippen molar-refractivity contribution in [3.8, 4) is 17.2 Å². The summed E-state index contributed by atoms with van der Waals surface area (Å²) in [7, 11) is 3.18. The SMILES string of the molecule is COc1ccc(NC(N)=NCc2ccccc2-n2cccn2)cc1OC.I. The van der Waals surface area contributed by atoms with E-state index in [0.29, 0.717) is 24.0 Å². The largest absolute Gasteiger partial charge is 0.493 e.